The van der Waals surface area contributed by atoms with Crippen LogP contribution in [-0.4, -0.2) is 69.1 Å². The summed E-state index contributed by atoms with van der Waals surface area (Å²) < 4.78 is 1.70. The van der Waals surface area contributed by atoms with Crippen LogP contribution in [0.5, 0.6) is 0 Å². The van der Waals surface area contributed by atoms with Gasteiger partial charge in [-0.1, -0.05) is 6.92 Å². The van der Waals surface area contributed by atoms with Gasteiger partial charge < -0.3 is 16.0 Å². The Kier molecular flexibility index (Phi) is 6.13. The summed E-state index contributed by atoms with van der Waals surface area (Å²) >= 11 is 1.39. The number of imide groups is 1. The van der Waals surface area contributed by atoms with Crippen LogP contribution < -0.4 is 21.3 Å². The normalized spacial score (nSPS) is 21.0. The Morgan fingerprint density at radius 2 is 2.11 bits per heavy atom. The van der Waals surface area contributed by atoms with E-state index in [9.17, 15) is 14.4 Å². The SMILES string of the molecule is CCN1CCC[C@H]1CNC(=O)c1ccc(-c2cc(NC3CC3)n3ncc(/C=C4\NC(=O)NC4=O)c3n2)s1. The van der Waals surface area contributed by atoms with Crippen molar-refractivity contribution in [1.29, 1.82) is 0 Å². The molecule has 0 aromatic carbocycles. The molecule has 192 valence electrons. The molecule has 11 nitrogen and oxygen atoms in total. The number of carbonyl (C=O) groups is 3. The molecule has 5 heterocycles. The number of amides is 4. The van der Waals surface area contributed by atoms with E-state index in [0.29, 0.717) is 40.4 Å². The number of nitrogens with one attached hydrogen (secondary N) is 4. The molecule has 6 rings (SSSR count). The minimum Gasteiger partial charge on any atom is -0.367 e. The van der Waals surface area contributed by atoms with Gasteiger partial charge in [-0.15, -0.1) is 11.3 Å². The van der Waals surface area contributed by atoms with Gasteiger partial charge in [0.15, 0.2) is 5.65 Å². The summed E-state index contributed by atoms with van der Waals surface area (Å²) in [5.74, 6) is 0.215. The number of hydrogen-bond donors (Lipinski definition) is 4. The highest BCUT2D eigenvalue weighted by atomic mass is 32.1. The summed E-state index contributed by atoms with van der Waals surface area (Å²) in [6.07, 6.45) is 7.64. The maximum absolute atomic E-state index is 12.9. The summed E-state index contributed by atoms with van der Waals surface area (Å²) in [6.45, 7) is 4.90. The molecule has 0 bridgehead atoms. The lowest BCUT2D eigenvalue weighted by atomic mass is 10.2. The first kappa shape index (κ1) is 23.6. The highest BCUT2D eigenvalue weighted by Gasteiger charge is 2.26. The number of hydrogen-bond acceptors (Lipinski definition) is 8. The summed E-state index contributed by atoms with van der Waals surface area (Å²) in [4.78, 5) is 45.2. The van der Waals surface area contributed by atoms with Crippen molar-refractivity contribution < 1.29 is 14.4 Å². The Hall–Kier alpha value is -3.77. The van der Waals surface area contributed by atoms with Crippen LogP contribution >= 0.6 is 11.3 Å². The van der Waals surface area contributed by atoms with Crippen molar-refractivity contribution in [2.24, 2.45) is 0 Å². The lowest BCUT2D eigenvalue weighted by Crippen LogP contribution is -2.39. The standard InChI is InChI=1S/C25H28N8O3S/c1-2-32-9-3-4-16(32)13-26-24(35)20-8-7-19(37-20)17-11-21(28-15-5-6-15)33-22(29-17)14(12-27-33)10-18-23(34)31-25(36)30-18/h7-8,10-12,15-16,28H,2-6,9,13H2,1H3,(H,26,35)(H2,30,31,34,36)/b18-10-/t16-/m0/s1. The van der Waals surface area contributed by atoms with E-state index in [1.807, 2.05) is 18.2 Å². The minimum absolute atomic E-state index is 0.0747. The second-order valence-electron chi connectivity index (χ2n) is 9.55. The number of urea groups is 1. The predicted octanol–water partition coefficient (Wildman–Crippen LogP) is 2.43. The molecular formula is C25H28N8O3S. The minimum atomic E-state index is -0.558. The van der Waals surface area contributed by atoms with Crippen LogP contribution in [0, 0.1) is 0 Å². The Morgan fingerprint density at radius 3 is 2.86 bits per heavy atom. The maximum Gasteiger partial charge on any atom is 0.326 e. The lowest BCUT2D eigenvalue weighted by molar-refractivity contribution is -0.115. The second kappa shape index (κ2) is 9.60. The second-order valence-corrected chi connectivity index (χ2v) is 10.6. The molecule has 37 heavy (non-hydrogen) atoms. The number of rotatable bonds is 8. The summed E-state index contributed by atoms with van der Waals surface area (Å²) in [5.41, 5.74) is 1.98. The van der Waals surface area contributed by atoms with Gasteiger partial charge in [-0.2, -0.15) is 9.61 Å². The van der Waals surface area contributed by atoms with E-state index in [0.717, 1.165) is 43.0 Å². The number of carbonyl (C=O) groups excluding carboxylic acids is 3. The molecule has 0 radical (unpaired) electrons. The maximum atomic E-state index is 12.9. The third-order valence-electron chi connectivity index (χ3n) is 6.93. The van der Waals surface area contributed by atoms with Crippen molar-refractivity contribution in [3.63, 3.8) is 0 Å². The largest absolute Gasteiger partial charge is 0.367 e. The first-order chi connectivity index (χ1) is 18.0. The molecule has 2 saturated heterocycles. The number of anilines is 1. The van der Waals surface area contributed by atoms with Gasteiger partial charge in [0.1, 0.15) is 11.5 Å². The molecule has 4 amide bonds. The van der Waals surface area contributed by atoms with E-state index in [2.05, 4.69) is 38.2 Å². The number of fused-ring (bicyclic) bond motifs is 1. The smallest absolute Gasteiger partial charge is 0.326 e. The number of nitrogens with zero attached hydrogens (tertiary/aromatic N) is 4. The van der Waals surface area contributed by atoms with E-state index in [1.165, 1.54) is 17.8 Å². The zero-order valence-corrected chi connectivity index (χ0v) is 21.2. The number of thiophene rings is 1. The van der Waals surface area contributed by atoms with Crippen LogP contribution in [0.3, 0.4) is 0 Å². The van der Waals surface area contributed by atoms with Crippen molar-refractivity contribution >= 4 is 46.7 Å². The predicted molar refractivity (Wildman–Crippen MR) is 140 cm³/mol. The van der Waals surface area contributed by atoms with Crippen molar-refractivity contribution in [2.75, 3.05) is 25.0 Å². The summed E-state index contributed by atoms with van der Waals surface area (Å²) in [7, 11) is 0. The number of aromatic nitrogens is 3. The van der Waals surface area contributed by atoms with Gasteiger partial charge in [0.25, 0.3) is 11.8 Å². The van der Waals surface area contributed by atoms with Crippen LogP contribution in [-0.2, 0) is 4.79 Å². The fourth-order valence-electron chi connectivity index (χ4n) is 4.82. The highest BCUT2D eigenvalue weighted by Crippen LogP contribution is 2.32. The topological polar surface area (TPSA) is 133 Å². The molecule has 3 fully saturated rings. The molecule has 3 aromatic rings. The average Bonchev–Trinajstić information content (AvgIpc) is 3.28. The molecule has 1 aliphatic carbocycles. The van der Waals surface area contributed by atoms with Crippen LogP contribution in [0.4, 0.5) is 10.6 Å². The van der Waals surface area contributed by atoms with Crippen LogP contribution in [0.15, 0.2) is 30.1 Å². The third-order valence-corrected chi connectivity index (χ3v) is 8.04. The molecule has 0 unspecified atom stereocenters. The van der Waals surface area contributed by atoms with Gasteiger partial charge >= 0.3 is 6.03 Å². The van der Waals surface area contributed by atoms with Gasteiger partial charge in [0, 0.05) is 30.3 Å². The summed E-state index contributed by atoms with van der Waals surface area (Å²) in [5, 5.41) is 15.8. The molecular weight excluding hydrogens is 492 g/mol. The zero-order valence-electron chi connectivity index (χ0n) is 20.4. The van der Waals surface area contributed by atoms with E-state index in [1.54, 1.807) is 16.8 Å². The van der Waals surface area contributed by atoms with E-state index in [4.69, 9.17) is 4.98 Å². The van der Waals surface area contributed by atoms with E-state index < -0.39 is 11.9 Å². The molecule has 4 N–H and O–H groups in total. The monoisotopic (exact) mass is 520 g/mol. The quantitative estimate of drug-likeness (QED) is 0.265. The third kappa shape index (κ3) is 4.81. The Balaban J connectivity index is 1.28. The first-order valence-electron chi connectivity index (χ1n) is 12.6. The van der Waals surface area contributed by atoms with Gasteiger partial charge in [-0.25, -0.2) is 9.78 Å². The van der Waals surface area contributed by atoms with Crippen LogP contribution in [0.1, 0.15) is 47.8 Å². The van der Waals surface area contributed by atoms with Crippen molar-refractivity contribution in [3.8, 4) is 10.6 Å². The Morgan fingerprint density at radius 1 is 1.24 bits per heavy atom. The number of likely N-dealkylation sites (N-methyl/N-ethyl adjacent to an activating group) is 1. The molecule has 1 saturated carbocycles. The van der Waals surface area contributed by atoms with E-state index >= 15 is 0 Å². The van der Waals surface area contributed by atoms with Gasteiger partial charge in [0.05, 0.1) is 21.6 Å². The van der Waals surface area contributed by atoms with Crippen LogP contribution in [0.2, 0.25) is 0 Å². The highest BCUT2D eigenvalue weighted by molar-refractivity contribution is 7.17. The average molecular weight is 521 g/mol. The zero-order chi connectivity index (χ0) is 25.5. The molecule has 3 aliphatic rings. The number of likely N-dealkylation sites (tertiary alicyclic amines) is 1. The summed E-state index contributed by atoms with van der Waals surface area (Å²) in [6, 6.07) is 5.90. The van der Waals surface area contributed by atoms with Gasteiger partial charge in [0.2, 0.25) is 0 Å². The first-order valence-corrected chi connectivity index (χ1v) is 13.4. The molecule has 0 spiro atoms. The van der Waals surface area contributed by atoms with Gasteiger partial charge in [-0.05, 0) is 57.0 Å². The molecule has 3 aromatic heterocycles. The Bertz CT molecular complexity index is 1420. The van der Waals surface area contributed by atoms with Crippen molar-refractivity contribution in [3.05, 3.63) is 40.5 Å². The van der Waals surface area contributed by atoms with Crippen LogP contribution in [0.25, 0.3) is 22.3 Å². The van der Waals surface area contributed by atoms with Crippen molar-refractivity contribution in [1.82, 2.24) is 35.4 Å². The van der Waals surface area contributed by atoms with E-state index in [-0.39, 0.29) is 11.6 Å². The molecule has 12 heteroatoms. The fourth-order valence-corrected chi connectivity index (χ4v) is 5.71. The van der Waals surface area contributed by atoms with Gasteiger partial charge in [-0.3, -0.25) is 19.8 Å². The molecule has 2 aliphatic heterocycles. The van der Waals surface area contributed by atoms with Crippen molar-refractivity contribution in [2.45, 2.75) is 44.7 Å². The lowest BCUT2D eigenvalue weighted by Gasteiger charge is -2.22. The fraction of sp³-hybridized carbons (Fsp3) is 0.400. The Labute approximate surface area is 217 Å². The molecule has 1 atom stereocenters.